The van der Waals surface area contributed by atoms with E-state index in [2.05, 4.69) is 19.9 Å². The maximum Gasteiger partial charge on any atom is 0.400 e. The number of aliphatic hydroxyl groups excluding tert-OH is 1. The van der Waals surface area contributed by atoms with Gasteiger partial charge >= 0.3 is 18.3 Å². The molecular weight excluding hydrogens is 510 g/mol. The Morgan fingerprint density at radius 3 is 2.34 bits per heavy atom. The Labute approximate surface area is 221 Å². The van der Waals surface area contributed by atoms with Gasteiger partial charge in [-0.05, 0) is 80.0 Å². The van der Waals surface area contributed by atoms with Crippen LogP contribution in [0.15, 0.2) is 11.6 Å². The lowest BCUT2D eigenvalue weighted by molar-refractivity contribution is -0.286. The van der Waals surface area contributed by atoms with Crippen molar-refractivity contribution in [3.05, 3.63) is 11.6 Å². The predicted molar refractivity (Wildman–Crippen MR) is 131 cm³/mol. The van der Waals surface area contributed by atoms with Gasteiger partial charge in [-0.25, -0.2) is 0 Å². The van der Waals surface area contributed by atoms with Gasteiger partial charge in [-0.15, -0.1) is 0 Å². The number of carbonyl (C=O) groups is 1. The summed E-state index contributed by atoms with van der Waals surface area (Å²) in [4.78, 5) is 11.9. The van der Waals surface area contributed by atoms with Gasteiger partial charge in [-0.1, -0.05) is 45.3 Å². The van der Waals surface area contributed by atoms with Crippen LogP contribution in [0.3, 0.4) is 0 Å². The van der Waals surface area contributed by atoms with Crippen molar-refractivity contribution in [2.75, 3.05) is 0 Å². The molecule has 0 radical (unpaired) electrons. The highest BCUT2D eigenvalue weighted by molar-refractivity contribution is 5.66. The maximum atomic E-state index is 13.0. The summed E-state index contributed by atoms with van der Waals surface area (Å²) < 4.78 is 83.7. The molecule has 0 heterocycles. The lowest BCUT2D eigenvalue weighted by Gasteiger charge is -2.60. The molecule has 0 unspecified atom stereocenters. The molecular formula is C29H42F6O3. The third kappa shape index (κ3) is 5.26. The normalized spacial score (nSPS) is 40.2. The summed E-state index contributed by atoms with van der Waals surface area (Å²) in [6, 6.07) is 0. The van der Waals surface area contributed by atoms with Gasteiger partial charge in [-0.3, -0.25) is 4.79 Å². The first-order valence-electron chi connectivity index (χ1n) is 14.2. The Bertz CT molecular complexity index is 899. The van der Waals surface area contributed by atoms with E-state index in [1.807, 2.05) is 6.92 Å². The Morgan fingerprint density at radius 2 is 1.74 bits per heavy atom. The third-order valence-electron chi connectivity index (χ3n) is 11.2. The molecule has 0 spiro atoms. The molecule has 0 aromatic rings. The molecule has 9 atom stereocenters. The standard InChI is InChI=1S/C29H42F6O3/c1-16(6-5-7-24(28(30,31)32)29(33,34)35)21-10-11-22-20-9-8-18-14-19(37)15-25(38-17(2)36)27(18,4)23(20)12-13-26(21,22)3/h8,16,19-25,37H,5-7,9-15H2,1-4H3/t16-,19-,20+,21-,22+,23+,25+,26-,27+/m1/s1. The molecule has 0 aromatic heterocycles. The molecule has 9 heteroatoms. The van der Waals surface area contributed by atoms with Gasteiger partial charge in [0.05, 0.1) is 6.10 Å². The maximum absolute atomic E-state index is 13.0. The third-order valence-corrected chi connectivity index (χ3v) is 11.2. The summed E-state index contributed by atoms with van der Waals surface area (Å²) in [6.45, 7) is 7.87. The van der Waals surface area contributed by atoms with Crippen LogP contribution in [0.2, 0.25) is 0 Å². The minimum Gasteiger partial charge on any atom is -0.462 e. The smallest absolute Gasteiger partial charge is 0.400 e. The number of hydrogen-bond acceptors (Lipinski definition) is 3. The van der Waals surface area contributed by atoms with Gasteiger partial charge in [0, 0.05) is 18.8 Å². The number of allylic oxidation sites excluding steroid dienone is 1. The number of hydrogen-bond donors (Lipinski definition) is 1. The number of rotatable bonds is 6. The van der Waals surface area contributed by atoms with E-state index in [1.54, 1.807) is 0 Å². The molecule has 4 rings (SSSR count). The molecule has 0 aromatic carbocycles. The molecule has 0 amide bonds. The minimum atomic E-state index is -5.27. The number of aliphatic hydroxyl groups is 1. The van der Waals surface area contributed by atoms with Crippen molar-refractivity contribution < 1.29 is 41.0 Å². The van der Waals surface area contributed by atoms with E-state index in [9.17, 15) is 36.2 Å². The average Bonchev–Trinajstić information content (AvgIpc) is 3.12. The summed E-state index contributed by atoms with van der Waals surface area (Å²) in [5, 5.41) is 10.5. The van der Waals surface area contributed by atoms with Crippen molar-refractivity contribution in [1.29, 1.82) is 0 Å². The Balaban J connectivity index is 1.47. The second-order valence-electron chi connectivity index (χ2n) is 13.1. The van der Waals surface area contributed by atoms with Gasteiger partial charge in [0.1, 0.15) is 6.10 Å². The number of fused-ring (bicyclic) bond motifs is 5. The highest BCUT2D eigenvalue weighted by atomic mass is 19.4. The van der Waals surface area contributed by atoms with Crippen LogP contribution in [0.25, 0.3) is 0 Å². The van der Waals surface area contributed by atoms with E-state index in [-0.39, 0.29) is 41.2 Å². The Hall–Kier alpha value is -1.25. The molecule has 3 nitrogen and oxygen atoms in total. The summed E-state index contributed by atoms with van der Waals surface area (Å²) >= 11 is 0. The van der Waals surface area contributed by atoms with E-state index < -0.39 is 30.8 Å². The minimum absolute atomic E-state index is 0.0130. The zero-order valence-corrected chi connectivity index (χ0v) is 22.8. The number of ether oxygens (including phenoxy) is 1. The second-order valence-corrected chi connectivity index (χ2v) is 13.1. The van der Waals surface area contributed by atoms with Gasteiger partial charge in [0.25, 0.3) is 0 Å². The number of esters is 1. The first-order valence-corrected chi connectivity index (χ1v) is 14.2. The zero-order valence-electron chi connectivity index (χ0n) is 22.8. The first-order chi connectivity index (χ1) is 17.5. The molecule has 1 N–H and O–H groups in total. The molecule has 0 saturated heterocycles. The topological polar surface area (TPSA) is 46.5 Å². The van der Waals surface area contributed by atoms with Crippen molar-refractivity contribution in [2.24, 2.45) is 46.3 Å². The lowest BCUT2D eigenvalue weighted by Crippen LogP contribution is -2.56. The van der Waals surface area contributed by atoms with Crippen molar-refractivity contribution in [3.8, 4) is 0 Å². The Morgan fingerprint density at radius 1 is 1.08 bits per heavy atom. The van der Waals surface area contributed by atoms with Crippen LogP contribution in [0.4, 0.5) is 26.3 Å². The molecule has 4 aliphatic carbocycles. The van der Waals surface area contributed by atoms with Crippen molar-refractivity contribution in [2.45, 2.75) is 116 Å². The van der Waals surface area contributed by atoms with Crippen LogP contribution in [-0.4, -0.2) is 35.6 Å². The average molecular weight is 553 g/mol. The van der Waals surface area contributed by atoms with Crippen LogP contribution in [0.5, 0.6) is 0 Å². The molecule has 38 heavy (non-hydrogen) atoms. The van der Waals surface area contributed by atoms with E-state index >= 15 is 0 Å². The fraction of sp³-hybridized carbons (Fsp3) is 0.897. The number of alkyl halides is 6. The predicted octanol–water partition coefficient (Wildman–Crippen LogP) is 8.02. The van der Waals surface area contributed by atoms with Crippen LogP contribution >= 0.6 is 0 Å². The highest BCUT2D eigenvalue weighted by Gasteiger charge is 2.62. The van der Waals surface area contributed by atoms with E-state index in [4.69, 9.17) is 4.74 Å². The fourth-order valence-corrected chi connectivity index (χ4v) is 9.38. The van der Waals surface area contributed by atoms with Gasteiger partial charge in [-0.2, -0.15) is 26.3 Å². The Kier molecular flexibility index (Phi) is 8.05. The molecule has 3 fully saturated rings. The summed E-state index contributed by atoms with van der Waals surface area (Å²) in [5.41, 5.74) is 0.836. The summed E-state index contributed by atoms with van der Waals surface area (Å²) in [7, 11) is 0. The zero-order chi connectivity index (χ0) is 28.3. The molecule has 0 bridgehead atoms. The highest BCUT2D eigenvalue weighted by Crippen LogP contribution is 2.67. The van der Waals surface area contributed by atoms with E-state index in [0.717, 1.165) is 32.1 Å². The number of halogens is 6. The SMILES string of the molecule is CC(=O)O[C@H]1C[C@H](O)CC2=CC[C@H]3[C@@H]4CC[C@H]([C@H](C)CCCC(C(F)(F)F)C(F)(F)F)[C@@]4(C)CC[C@@H]3[C@]21C. The molecule has 3 saturated carbocycles. The van der Waals surface area contributed by atoms with Crippen LogP contribution in [0, 0.1) is 46.3 Å². The molecule has 0 aliphatic heterocycles. The van der Waals surface area contributed by atoms with Crippen molar-refractivity contribution in [1.82, 2.24) is 0 Å². The molecule has 218 valence electrons. The van der Waals surface area contributed by atoms with Crippen LogP contribution < -0.4 is 0 Å². The second kappa shape index (κ2) is 10.3. The monoisotopic (exact) mass is 552 g/mol. The summed E-state index contributed by atoms with van der Waals surface area (Å²) in [5.74, 6) is -2.19. The number of carbonyl (C=O) groups excluding carboxylic acids is 1. The fourth-order valence-electron chi connectivity index (χ4n) is 9.38. The quantitative estimate of drug-likeness (QED) is 0.206. The van der Waals surface area contributed by atoms with Crippen molar-refractivity contribution >= 4 is 5.97 Å². The van der Waals surface area contributed by atoms with E-state index in [1.165, 1.54) is 12.5 Å². The van der Waals surface area contributed by atoms with E-state index in [0.29, 0.717) is 37.0 Å². The van der Waals surface area contributed by atoms with Crippen LogP contribution in [-0.2, 0) is 9.53 Å². The van der Waals surface area contributed by atoms with Crippen LogP contribution in [0.1, 0.15) is 91.9 Å². The van der Waals surface area contributed by atoms with Gasteiger partial charge in [0.2, 0.25) is 0 Å². The van der Waals surface area contributed by atoms with Gasteiger partial charge < -0.3 is 9.84 Å². The van der Waals surface area contributed by atoms with Gasteiger partial charge in [0.15, 0.2) is 5.92 Å². The first kappa shape index (κ1) is 29.7. The summed E-state index contributed by atoms with van der Waals surface area (Å²) in [6.07, 6.45) is -4.11. The lowest BCUT2D eigenvalue weighted by atomic mass is 9.46. The van der Waals surface area contributed by atoms with Crippen molar-refractivity contribution in [3.63, 3.8) is 0 Å². The molecule has 4 aliphatic rings. The largest absolute Gasteiger partial charge is 0.462 e.